The smallest absolute Gasteiger partial charge is 0.265 e. The molecule has 4 N–H and O–H groups in total. The summed E-state index contributed by atoms with van der Waals surface area (Å²) in [5, 5.41) is 8.84. The predicted octanol–water partition coefficient (Wildman–Crippen LogP) is 1.22. The highest BCUT2D eigenvalue weighted by atomic mass is 32.2. The molecule has 0 radical (unpaired) electrons. The van der Waals surface area contributed by atoms with Gasteiger partial charge in [-0.25, -0.2) is 19.2 Å². The van der Waals surface area contributed by atoms with Crippen LogP contribution in [0.3, 0.4) is 0 Å². The van der Waals surface area contributed by atoms with E-state index in [1.165, 1.54) is 29.7 Å². The normalized spacial score (nSPS) is 11.6. The van der Waals surface area contributed by atoms with Crippen molar-refractivity contribution in [2.75, 3.05) is 10.1 Å². The molecule has 0 aliphatic rings. The Hall–Kier alpha value is -1.78. The summed E-state index contributed by atoms with van der Waals surface area (Å²) in [7, 11) is -3.73. The van der Waals surface area contributed by atoms with Crippen LogP contribution in [0.5, 0.6) is 0 Å². The van der Waals surface area contributed by atoms with E-state index in [2.05, 4.69) is 39.2 Å². The fourth-order valence-electron chi connectivity index (χ4n) is 1.53. The van der Waals surface area contributed by atoms with Gasteiger partial charge in [-0.05, 0) is 18.1 Å². The highest BCUT2D eigenvalue weighted by molar-refractivity contribution is 7.93. The summed E-state index contributed by atoms with van der Waals surface area (Å²) in [5.74, 6) is 5.99. The molecule has 2 heterocycles. The SMILES string of the molecule is CC(C)Cc1nnc(NS(=O)(=O)c2ccc(NN)nc2)s1. The molecular formula is C11H16N6O2S2. The summed E-state index contributed by atoms with van der Waals surface area (Å²) in [5.41, 5.74) is 2.33. The number of anilines is 2. The van der Waals surface area contributed by atoms with Gasteiger partial charge >= 0.3 is 0 Å². The number of pyridine rings is 1. The second-order valence-corrected chi connectivity index (χ2v) is 7.47. The first-order chi connectivity index (χ1) is 9.90. The predicted molar refractivity (Wildman–Crippen MR) is 81.3 cm³/mol. The monoisotopic (exact) mass is 328 g/mol. The van der Waals surface area contributed by atoms with Crippen LogP contribution in [0.1, 0.15) is 18.9 Å². The molecule has 0 aliphatic heterocycles. The van der Waals surface area contributed by atoms with Crippen LogP contribution in [0.15, 0.2) is 23.2 Å². The van der Waals surface area contributed by atoms with Crippen molar-refractivity contribution in [3.63, 3.8) is 0 Å². The summed E-state index contributed by atoms with van der Waals surface area (Å²) >= 11 is 1.23. The standard InChI is InChI=1S/C11H16N6O2S2/c1-7(2)5-10-15-16-11(20-10)17-21(18,19)8-3-4-9(14-12)13-6-8/h3-4,6-7H,5,12H2,1-2H3,(H,13,14)(H,16,17). The molecule has 10 heteroatoms. The van der Waals surface area contributed by atoms with Crippen molar-refractivity contribution in [3.8, 4) is 0 Å². The lowest BCUT2D eigenvalue weighted by Gasteiger charge is -2.05. The molecular weight excluding hydrogens is 312 g/mol. The lowest BCUT2D eigenvalue weighted by molar-refractivity contribution is 0.600. The molecule has 0 aromatic carbocycles. The van der Waals surface area contributed by atoms with Crippen LogP contribution >= 0.6 is 11.3 Å². The fraction of sp³-hybridized carbons (Fsp3) is 0.364. The van der Waals surface area contributed by atoms with Crippen LogP contribution in [0.2, 0.25) is 0 Å². The first-order valence-corrected chi connectivity index (χ1v) is 8.48. The van der Waals surface area contributed by atoms with Crippen LogP contribution in [0, 0.1) is 5.92 Å². The van der Waals surface area contributed by atoms with Gasteiger partial charge in [0.25, 0.3) is 10.0 Å². The number of aromatic nitrogens is 3. The summed E-state index contributed by atoms with van der Waals surface area (Å²) in [6.45, 7) is 4.12. The lowest BCUT2D eigenvalue weighted by Crippen LogP contribution is -2.14. The molecule has 0 saturated carbocycles. The van der Waals surface area contributed by atoms with Crippen molar-refractivity contribution in [1.82, 2.24) is 15.2 Å². The minimum atomic E-state index is -3.73. The van der Waals surface area contributed by atoms with Crippen LogP contribution in [-0.4, -0.2) is 23.6 Å². The minimum Gasteiger partial charge on any atom is -0.308 e. The van der Waals surface area contributed by atoms with E-state index in [9.17, 15) is 8.42 Å². The fourth-order valence-corrected chi connectivity index (χ4v) is 3.65. The Balaban J connectivity index is 2.14. The van der Waals surface area contributed by atoms with Crippen LogP contribution in [0.4, 0.5) is 10.9 Å². The first kappa shape index (κ1) is 15.6. The topological polar surface area (TPSA) is 123 Å². The zero-order valence-corrected chi connectivity index (χ0v) is 13.2. The molecule has 0 fully saturated rings. The van der Waals surface area contributed by atoms with E-state index in [1.54, 1.807) is 0 Å². The zero-order chi connectivity index (χ0) is 15.5. The van der Waals surface area contributed by atoms with Crippen LogP contribution < -0.4 is 16.0 Å². The molecule has 0 aliphatic carbocycles. The molecule has 0 atom stereocenters. The average Bonchev–Trinajstić information content (AvgIpc) is 2.84. The number of hydrogen-bond donors (Lipinski definition) is 3. The second kappa shape index (κ2) is 6.33. The summed E-state index contributed by atoms with van der Waals surface area (Å²) in [4.78, 5) is 3.89. The highest BCUT2D eigenvalue weighted by Gasteiger charge is 2.17. The Morgan fingerprint density at radius 2 is 2.10 bits per heavy atom. The van der Waals surface area contributed by atoms with Gasteiger partial charge < -0.3 is 5.43 Å². The van der Waals surface area contributed by atoms with E-state index in [0.717, 1.165) is 11.4 Å². The molecule has 2 rings (SSSR count). The van der Waals surface area contributed by atoms with Crippen molar-refractivity contribution < 1.29 is 8.42 Å². The molecule has 0 bridgehead atoms. The molecule has 2 aromatic rings. The molecule has 114 valence electrons. The summed E-state index contributed by atoms with van der Waals surface area (Å²) in [6.07, 6.45) is 1.98. The number of hydrazine groups is 1. The van der Waals surface area contributed by atoms with Crippen LogP contribution in [0.25, 0.3) is 0 Å². The van der Waals surface area contributed by atoms with Crippen molar-refractivity contribution in [3.05, 3.63) is 23.3 Å². The maximum atomic E-state index is 12.2. The Kier molecular flexibility index (Phi) is 4.70. The van der Waals surface area contributed by atoms with Gasteiger partial charge in [-0.3, -0.25) is 4.72 Å². The largest absolute Gasteiger partial charge is 0.308 e. The lowest BCUT2D eigenvalue weighted by atomic mass is 10.1. The second-order valence-electron chi connectivity index (χ2n) is 4.73. The van der Waals surface area contributed by atoms with Gasteiger partial charge in [-0.2, -0.15) is 0 Å². The van der Waals surface area contributed by atoms with E-state index in [-0.39, 0.29) is 10.0 Å². The summed E-state index contributed by atoms with van der Waals surface area (Å²) < 4.78 is 26.7. The molecule has 0 unspecified atom stereocenters. The number of sulfonamides is 1. The van der Waals surface area contributed by atoms with Crippen LogP contribution in [-0.2, 0) is 16.4 Å². The third-order valence-electron chi connectivity index (χ3n) is 2.47. The molecule has 2 aromatic heterocycles. The first-order valence-electron chi connectivity index (χ1n) is 6.18. The Labute approximate surface area is 126 Å². The Bertz CT molecular complexity index is 696. The van der Waals surface area contributed by atoms with E-state index < -0.39 is 10.0 Å². The van der Waals surface area contributed by atoms with Gasteiger partial charge in [0.2, 0.25) is 5.13 Å². The van der Waals surface area contributed by atoms with Gasteiger partial charge in [0.1, 0.15) is 15.7 Å². The van der Waals surface area contributed by atoms with Gasteiger partial charge in [-0.1, -0.05) is 25.2 Å². The summed E-state index contributed by atoms with van der Waals surface area (Å²) in [6, 6.07) is 2.87. The average molecular weight is 328 g/mol. The zero-order valence-electron chi connectivity index (χ0n) is 11.6. The van der Waals surface area contributed by atoms with Gasteiger partial charge in [0.15, 0.2) is 0 Å². The van der Waals surface area contributed by atoms with Gasteiger partial charge in [0.05, 0.1) is 0 Å². The number of nitrogens with two attached hydrogens (primary N) is 1. The van der Waals surface area contributed by atoms with Crippen molar-refractivity contribution in [2.45, 2.75) is 25.2 Å². The molecule has 21 heavy (non-hydrogen) atoms. The third kappa shape index (κ3) is 4.09. The number of rotatable bonds is 6. The number of nitrogens with one attached hydrogen (secondary N) is 2. The maximum absolute atomic E-state index is 12.2. The van der Waals surface area contributed by atoms with Crippen molar-refractivity contribution >= 4 is 32.3 Å². The maximum Gasteiger partial charge on any atom is 0.265 e. The number of nitrogens with zero attached hydrogens (tertiary/aromatic N) is 3. The van der Waals surface area contributed by atoms with E-state index in [0.29, 0.717) is 11.7 Å². The van der Waals surface area contributed by atoms with Gasteiger partial charge in [0, 0.05) is 12.6 Å². The Morgan fingerprint density at radius 3 is 2.67 bits per heavy atom. The van der Waals surface area contributed by atoms with E-state index >= 15 is 0 Å². The van der Waals surface area contributed by atoms with E-state index in [4.69, 9.17) is 5.84 Å². The number of hydrogen-bond acceptors (Lipinski definition) is 8. The molecule has 0 spiro atoms. The van der Waals surface area contributed by atoms with Crippen molar-refractivity contribution in [2.24, 2.45) is 11.8 Å². The molecule has 8 nitrogen and oxygen atoms in total. The van der Waals surface area contributed by atoms with E-state index in [1.807, 2.05) is 0 Å². The minimum absolute atomic E-state index is 0.0297. The quantitative estimate of drug-likeness (QED) is 0.538. The van der Waals surface area contributed by atoms with Crippen molar-refractivity contribution in [1.29, 1.82) is 0 Å². The third-order valence-corrected chi connectivity index (χ3v) is 4.78. The Morgan fingerprint density at radius 1 is 1.33 bits per heavy atom. The molecule has 0 saturated heterocycles. The number of nitrogen functional groups attached to an aromatic ring is 1. The van der Waals surface area contributed by atoms with Gasteiger partial charge in [-0.15, -0.1) is 10.2 Å². The molecule has 0 amide bonds. The highest BCUT2D eigenvalue weighted by Crippen LogP contribution is 2.21.